The van der Waals surface area contributed by atoms with Crippen molar-refractivity contribution >= 4 is 39.0 Å². The van der Waals surface area contributed by atoms with Crippen molar-refractivity contribution in [3.63, 3.8) is 0 Å². The summed E-state index contributed by atoms with van der Waals surface area (Å²) >= 11 is 0. The standard InChI is InChI=1S/C25H22N2O2S/c1-2-27(21-12-4-3-5-13-21)25(28)23-14-8-9-15-24(23)26-30(29)22-17-16-19-10-6-7-11-20(19)18-22/h3-18,26H,2H2,1H3. The van der Waals surface area contributed by atoms with Gasteiger partial charge in [0.15, 0.2) is 0 Å². The molecule has 0 aliphatic rings. The van der Waals surface area contributed by atoms with E-state index >= 15 is 0 Å². The Kier molecular flexibility index (Phi) is 5.91. The van der Waals surface area contributed by atoms with E-state index in [1.165, 1.54) is 0 Å². The van der Waals surface area contributed by atoms with Crippen LogP contribution in [-0.4, -0.2) is 16.7 Å². The summed E-state index contributed by atoms with van der Waals surface area (Å²) in [6.45, 7) is 2.47. The zero-order chi connectivity index (χ0) is 20.9. The highest BCUT2D eigenvalue weighted by atomic mass is 32.2. The molecule has 4 rings (SSSR count). The van der Waals surface area contributed by atoms with E-state index in [9.17, 15) is 9.00 Å². The lowest BCUT2D eigenvalue weighted by atomic mass is 10.1. The van der Waals surface area contributed by atoms with Crippen molar-refractivity contribution in [3.8, 4) is 0 Å². The number of fused-ring (bicyclic) bond motifs is 1. The van der Waals surface area contributed by atoms with E-state index in [0.717, 1.165) is 16.5 Å². The molecule has 0 aliphatic heterocycles. The van der Waals surface area contributed by atoms with Gasteiger partial charge in [-0.2, -0.15) is 0 Å². The van der Waals surface area contributed by atoms with Crippen LogP contribution in [0.1, 0.15) is 17.3 Å². The average molecular weight is 415 g/mol. The topological polar surface area (TPSA) is 49.4 Å². The van der Waals surface area contributed by atoms with Crippen LogP contribution in [0.2, 0.25) is 0 Å². The number of nitrogens with one attached hydrogen (secondary N) is 1. The Morgan fingerprint density at radius 2 is 1.50 bits per heavy atom. The first kappa shape index (κ1) is 19.9. The van der Waals surface area contributed by atoms with Gasteiger partial charge in [-0.15, -0.1) is 0 Å². The van der Waals surface area contributed by atoms with E-state index < -0.39 is 11.0 Å². The smallest absolute Gasteiger partial charge is 0.260 e. The van der Waals surface area contributed by atoms with E-state index in [0.29, 0.717) is 22.7 Å². The first-order chi connectivity index (χ1) is 14.7. The summed E-state index contributed by atoms with van der Waals surface area (Å²) in [5.41, 5.74) is 1.86. The average Bonchev–Trinajstić information content (AvgIpc) is 2.80. The molecule has 5 heteroatoms. The molecule has 0 radical (unpaired) electrons. The quantitative estimate of drug-likeness (QED) is 0.444. The summed E-state index contributed by atoms with van der Waals surface area (Å²) in [6, 6.07) is 30.4. The van der Waals surface area contributed by atoms with Gasteiger partial charge < -0.3 is 9.62 Å². The van der Waals surface area contributed by atoms with E-state index in [2.05, 4.69) is 4.72 Å². The maximum absolute atomic E-state index is 13.3. The highest BCUT2D eigenvalue weighted by Gasteiger charge is 2.20. The number of para-hydroxylation sites is 2. The molecule has 0 saturated carbocycles. The predicted molar refractivity (Wildman–Crippen MR) is 124 cm³/mol. The van der Waals surface area contributed by atoms with Crippen LogP contribution in [0.3, 0.4) is 0 Å². The minimum Gasteiger partial charge on any atom is -0.309 e. The van der Waals surface area contributed by atoms with Crippen LogP contribution >= 0.6 is 0 Å². The number of anilines is 2. The van der Waals surface area contributed by atoms with Crippen molar-refractivity contribution in [1.29, 1.82) is 0 Å². The first-order valence-corrected chi connectivity index (χ1v) is 11.0. The fraction of sp³-hybridized carbons (Fsp3) is 0.0800. The van der Waals surface area contributed by atoms with Gasteiger partial charge in [-0.05, 0) is 54.1 Å². The molecule has 1 N–H and O–H groups in total. The van der Waals surface area contributed by atoms with Gasteiger partial charge in [0.25, 0.3) is 5.91 Å². The summed E-state index contributed by atoms with van der Waals surface area (Å²) in [7, 11) is -1.50. The van der Waals surface area contributed by atoms with Crippen LogP contribution < -0.4 is 9.62 Å². The van der Waals surface area contributed by atoms with Crippen molar-refractivity contribution < 1.29 is 9.00 Å². The maximum Gasteiger partial charge on any atom is 0.260 e. The normalized spacial score (nSPS) is 11.8. The van der Waals surface area contributed by atoms with Crippen LogP contribution in [0.4, 0.5) is 11.4 Å². The van der Waals surface area contributed by atoms with Gasteiger partial charge in [0.05, 0.1) is 16.1 Å². The maximum atomic E-state index is 13.3. The van der Waals surface area contributed by atoms with Crippen LogP contribution in [0.15, 0.2) is 102 Å². The summed E-state index contributed by atoms with van der Waals surface area (Å²) in [6.07, 6.45) is 0. The Morgan fingerprint density at radius 3 is 2.27 bits per heavy atom. The SMILES string of the molecule is CCN(C(=O)c1ccccc1NS(=O)c1ccc2ccccc2c1)c1ccccc1. The summed E-state index contributed by atoms with van der Waals surface area (Å²) in [5.74, 6) is -0.137. The summed E-state index contributed by atoms with van der Waals surface area (Å²) in [5, 5.41) is 2.12. The van der Waals surface area contributed by atoms with Gasteiger partial charge in [0.1, 0.15) is 11.0 Å². The van der Waals surface area contributed by atoms with Gasteiger partial charge in [0.2, 0.25) is 0 Å². The van der Waals surface area contributed by atoms with Gasteiger partial charge in [0, 0.05) is 12.2 Å². The van der Waals surface area contributed by atoms with Gasteiger partial charge in [-0.3, -0.25) is 4.79 Å². The molecule has 4 aromatic carbocycles. The fourth-order valence-electron chi connectivity index (χ4n) is 3.40. The molecule has 30 heavy (non-hydrogen) atoms. The molecule has 0 heterocycles. The second-order valence-electron chi connectivity index (χ2n) is 6.81. The number of carbonyl (C=O) groups excluding carboxylic acids is 1. The minimum atomic E-state index is -1.50. The zero-order valence-electron chi connectivity index (χ0n) is 16.6. The fourth-order valence-corrected chi connectivity index (χ4v) is 4.32. The van der Waals surface area contributed by atoms with E-state index in [1.807, 2.05) is 91.9 Å². The van der Waals surface area contributed by atoms with Gasteiger partial charge in [-0.1, -0.05) is 60.7 Å². The Balaban J connectivity index is 1.62. The Labute approximate surface area is 178 Å². The highest BCUT2D eigenvalue weighted by molar-refractivity contribution is 7.86. The lowest BCUT2D eigenvalue weighted by Gasteiger charge is -2.22. The molecule has 0 aromatic heterocycles. The van der Waals surface area contributed by atoms with Crippen molar-refractivity contribution in [2.75, 3.05) is 16.2 Å². The van der Waals surface area contributed by atoms with Gasteiger partial charge >= 0.3 is 0 Å². The Bertz CT molecular complexity index is 1210. The lowest BCUT2D eigenvalue weighted by molar-refractivity contribution is 0.0989. The van der Waals surface area contributed by atoms with Crippen LogP contribution in [-0.2, 0) is 11.0 Å². The predicted octanol–water partition coefficient (Wildman–Crippen LogP) is 5.64. The molecule has 4 nitrogen and oxygen atoms in total. The molecule has 0 saturated heterocycles. The zero-order valence-corrected chi connectivity index (χ0v) is 17.4. The van der Waals surface area contributed by atoms with Crippen molar-refractivity contribution in [2.45, 2.75) is 11.8 Å². The Hall–Kier alpha value is -3.44. The molecule has 1 unspecified atom stereocenters. The largest absolute Gasteiger partial charge is 0.309 e. The third-order valence-corrected chi connectivity index (χ3v) is 6.01. The number of nitrogens with zero attached hydrogens (tertiary/aromatic N) is 1. The van der Waals surface area contributed by atoms with Crippen LogP contribution in [0.5, 0.6) is 0 Å². The van der Waals surface area contributed by atoms with Crippen molar-refractivity contribution in [3.05, 3.63) is 103 Å². The number of amides is 1. The number of benzene rings is 4. The molecule has 0 fully saturated rings. The van der Waals surface area contributed by atoms with Crippen LogP contribution in [0, 0.1) is 0 Å². The summed E-state index contributed by atoms with van der Waals surface area (Å²) < 4.78 is 16.0. The summed E-state index contributed by atoms with van der Waals surface area (Å²) in [4.78, 5) is 15.6. The van der Waals surface area contributed by atoms with Crippen molar-refractivity contribution in [1.82, 2.24) is 0 Å². The number of rotatable bonds is 6. The molecule has 4 aromatic rings. The second kappa shape index (κ2) is 8.93. The highest BCUT2D eigenvalue weighted by Crippen LogP contribution is 2.24. The molecule has 1 amide bonds. The van der Waals surface area contributed by atoms with E-state index in [1.54, 1.807) is 17.0 Å². The first-order valence-electron chi connectivity index (χ1n) is 9.80. The van der Waals surface area contributed by atoms with Crippen LogP contribution in [0.25, 0.3) is 10.8 Å². The molecule has 0 bridgehead atoms. The number of hydrogen-bond acceptors (Lipinski definition) is 2. The molecular formula is C25H22N2O2S. The van der Waals surface area contributed by atoms with E-state index in [4.69, 9.17) is 0 Å². The molecule has 150 valence electrons. The monoisotopic (exact) mass is 414 g/mol. The molecule has 0 aliphatic carbocycles. The molecule has 0 spiro atoms. The van der Waals surface area contributed by atoms with Gasteiger partial charge in [-0.25, -0.2) is 4.21 Å². The third kappa shape index (κ3) is 4.11. The number of hydrogen-bond donors (Lipinski definition) is 1. The number of carbonyl (C=O) groups is 1. The third-order valence-electron chi connectivity index (χ3n) is 4.92. The molecule has 1 atom stereocenters. The molecular weight excluding hydrogens is 392 g/mol. The van der Waals surface area contributed by atoms with E-state index in [-0.39, 0.29) is 5.91 Å². The Morgan fingerprint density at radius 1 is 0.833 bits per heavy atom. The second-order valence-corrected chi connectivity index (χ2v) is 8.02. The minimum absolute atomic E-state index is 0.137. The lowest BCUT2D eigenvalue weighted by Crippen LogP contribution is -2.31. The van der Waals surface area contributed by atoms with Crippen molar-refractivity contribution in [2.24, 2.45) is 0 Å².